The molecule has 0 saturated carbocycles. The second-order valence-electron chi connectivity index (χ2n) is 9.38. The predicted molar refractivity (Wildman–Crippen MR) is 99.5 cm³/mol. The summed E-state index contributed by atoms with van der Waals surface area (Å²) in [6, 6.07) is 0. The summed E-state index contributed by atoms with van der Waals surface area (Å²) in [7, 11) is 0. The summed E-state index contributed by atoms with van der Waals surface area (Å²) in [4.78, 5) is 0. The largest absolute Gasteiger partial charge is 0.0759 e. The highest BCUT2D eigenvalue weighted by Crippen LogP contribution is 2.52. The standard InChI is InChI=1S/C22H34/c1-13-14(2)16(4)19-17(15(13)3)11-12-18(19)20(21(5,6)7)22(8,9)10/h12,20H,11H2,1-10H3. The molecular formula is C22H34. The van der Waals surface area contributed by atoms with Gasteiger partial charge in [0, 0.05) is 0 Å². The zero-order valence-electron chi connectivity index (χ0n) is 16.4. The maximum absolute atomic E-state index is 2.52. The molecule has 0 saturated heterocycles. The highest BCUT2D eigenvalue weighted by atomic mass is 14.4. The molecule has 0 unspecified atom stereocenters. The molecule has 122 valence electrons. The van der Waals surface area contributed by atoms with Crippen LogP contribution in [0.25, 0.3) is 5.57 Å². The van der Waals surface area contributed by atoms with Crippen LogP contribution in [0.15, 0.2) is 6.08 Å². The smallest absolute Gasteiger partial charge is 0.00615 e. The van der Waals surface area contributed by atoms with Gasteiger partial charge in [-0.25, -0.2) is 0 Å². The average Bonchev–Trinajstić information content (AvgIpc) is 2.74. The fourth-order valence-electron chi connectivity index (χ4n) is 4.84. The minimum atomic E-state index is 0.269. The topological polar surface area (TPSA) is 0 Å². The summed E-state index contributed by atoms with van der Waals surface area (Å²) in [6.07, 6.45) is 3.63. The lowest BCUT2D eigenvalue weighted by atomic mass is 9.62. The van der Waals surface area contributed by atoms with E-state index in [4.69, 9.17) is 0 Å². The molecule has 0 N–H and O–H groups in total. The second-order valence-corrected chi connectivity index (χ2v) is 9.38. The van der Waals surface area contributed by atoms with Crippen LogP contribution in [0.4, 0.5) is 0 Å². The van der Waals surface area contributed by atoms with Crippen LogP contribution in [0.3, 0.4) is 0 Å². The zero-order valence-corrected chi connectivity index (χ0v) is 16.4. The normalized spacial score (nSPS) is 15.3. The Kier molecular flexibility index (Phi) is 4.13. The summed E-state index contributed by atoms with van der Waals surface area (Å²) in [6.45, 7) is 23.6. The first-order valence-corrected chi connectivity index (χ1v) is 8.67. The van der Waals surface area contributed by atoms with Crippen LogP contribution in [-0.4, -0.2) is 0 Å². The van der Waals surface area contributed by atoms with Crippen molar-refractivity contribution in [1.29, 1.82) is 0 Å². The number of fused-ring (bicyclic) bond motifs is 1. The lowest BCUT2D eigenvalue weighted by Gasteiger charge is -2.42. The monoisotopic (exact) mass is 298 g/mol. The zero-order chi connectivity index (χ0) is 17.0. The first-order valence-electron chi connectivity index (χ1n) is 8.67. The Hall–Kier alpha value is -1.04. The van der Waals surface area contributed by atoms with Crippen molar-refractivity contribution in [3.05, 3.63) is 39.5 Å². The molecule has 0 spiro atoms. The number of benzene rings is 1. The van der Waals surface area contributed by atoms with E-state index in [0.717, 1.165) is 6.42 Å². The molecule has 0 heteroatoms. The highest BCUT2D eigenvalue weighted by Gasteiger charge is 2.40. The van der Waals surface area contributed by atoms with Crippen LogP contribution >= 0.6 is 0 Å². The van der Waals surface area contributed by atoms with Crippen LogP contribution in [0.2, 0.25) is 0 Å². The van der Waals surface area contributed by atoms with Gasteiger partial charge in [-0.15, -0.1) is 0 Å². The fourth-order valence-corrected chi connectivity index (χ4v) is 4.84. The highest BCUT2D eigenvalue weighted by molar-refractivity contribution is 5.80. The van der Waals surface area contributed by atoms with Gasteiger partial charge in [-0.3, -0.25) is 0 Å². The minimum Gasteiger partial charge on any atom is -0.0759 e. The molecule has 0 amide bonds. The number of hydrogen-bond donors (Lipinski definition) is 0. The van der Waals surface area contributed by atoms with Gasteiger partial charge in [-0.05, 0) is 89.8 Å². The molecule has 1 aromatic rings. The van der Waals surface area contributed by atoms with Gasteiger partial charge in [0.05, 0.1) is 0 Å². The van der Waals surface area contributed by atoms with Crippen molar-refractivity contribution in [2.24, 2.45) is 16.7 Å². The van der Waals surface area contributed by atoms with Gasteiger partial charge in [0.2, 0.25) is 0 Å². The van der Waals surface area contributed by atoms with Gasteiger partial charge in [0.15, 0.2) is 0 Å². The quantitative estimate of drug-likeness (QED) is 0.550. The molecule has 0 aliphatic heterocycles. The Balaban J connectivity index is 2.70. The van der Waals surface area contributed by atoms with E-state index < -0.39 is 0 Å². The van der Waals surface area contributed by atoms with Crippen LogP contribution in [-0.2, 0) is 6.42 Å². The summed E-state index contributed by atoms with van der Waals surface area (Å²) >= 11 is 0. The van der Waals surface area contributed by atoms with Gasteiger partial charge in [-0.2, -0.15) is 0 Å². The van der Waals surface area contributed by atoms with Gasteiger partial charge in [0.25, 0.3) is 0 Å². The SMILES string of the molecule is Cc1c(C)c(C)c2c(c1C)CC=C2C(C(C)(C)C)C(C)(C)C. The van der Waals surface area contributed by atoms with E-state index in [0.29, 0.717) is 5.92 Å². The van der Waals surface area contributed by atoms with E-state index >= 15 is 0 Å². The summed E-state index contributed by atoms with van der Waals surface area (Å²) < 4.78 is 0. The molecule has 0 aromatic heterocycles. The van der Waals surface area contributed by atoms with Crippen molar-refractivity contribution < 1.29 is 0 Å². The molecule has 0 nitrogen and oxygen atoms in total. The van der Waals surface area contributed by atoms with Crippen molar-refractivity contribution in [3.63, 3.8) is 0 Å². The first-order chi connectivity index (χ1) is 9.87. The van der Waals surface area contributed by atoms with E-state index in [1.54, 1.807) is 16.7 Å². The number of rotatable bonds is 1. The Morgan fingerprint density at radius 2 is 1.18 bits per heavy atom. The lowest BCUT2D eigenvalue weighted by molar-refractivity contribution is 0.158. The molecule has 0 heterocycles. The van der Waals surface area contributed by atoms with Crippen LogP contribution in [0.1, 0.15) is 74.9 Å². The third-order valence-corrected chi connectivity index (χ3v) is 5.67. The maximum atomic E-state index is 2.52. The van der Waals surface area contributed by atoms with Crippen molar-refractivity contribution in [2.75, 3.05) is 0 Å². The predicted octanol–water partition coefficient (Wildman–Crippen LogP) is 6.57. The molecule has 0 radical (unpaired) electrons. The second kappa shape index (κ2) is 5.25. The Bertz CT molecular complexity index is 614. The van der Waals surface area contributed by atoms with Gasteiger partial charge >= 0.3 is 0 Å². The van der Waals surface area contributed by atoms with E-state index in [2.05, 4.69) is 75.3 Å². The summed E-state index contributed by atoms with van der Waals surface area (Å²) in [5, 5.41) is 0. The van der Waals surface area contributed by atoms with Crippen LogP contribution in [0.5, 0.6) is 0 Å². The molecule has 1 aliphatic carbocycles. The van der Waals surface area contributed by atoms with Crippen molar-refractivity contribution >= 4 is 5.57 Å². The van der Waals surface area contributed by atoms with Gasteiger partial charge in [0.1, 0.15) is 0 Å². The molecule has 2 rings (SSSR count). The first kappa shape index (κ1) is 17.3. The Labute approximate surface area is 138 Å². The lowest BCUT2D eigenvalue weighted by Crippen LogP contribution is -2.33. The van der Waals surface area contributed by atoms with E-state index in [9.17, 15) is 0 Å². The third-order valence-electron chi connectivity index (χ3n) is 5.67. The van der Waals surface area contributed by atoms with Crippen molar-refractivity contribution in [2.45, 2.75) is 75.7 Å². The maximum Gasteiger partial charge on any atom is -0.00615 e. The van der Waals surface area contributed by atoms with E-state index in [1.807, 2.05) is 0 Å². The van der Waals surface area contributed by atoms with Gasteiger partial charge < -0.3 is 0 Å². The number of hydrogen-bond acceptors (Lipinski definition) is 0. The number of allylic oxidation sites excluding steroid dienone is 2. The summed E-state index contributed by atoms with van der Waals surface area (Å²) in [5.74, 6) is 0.571. The van der Waals surface area contributed by atoms with E-state index in [-0.39, 0.29) is 10.8 Å². The van der Waals surface area contributed by atoms with Crippen molar-refractivity contribution in [1.82, 2.24) is 0 Å². The molecule has 0 atom stereocenters. The molecule has 0 fully saturated rings. The molecule has 1 aliphatic rings. The Morgan fingerprint density at radius 3 is 1.64 bits per heavy atom. The molecular weight excluding hydrogens is 264 g/mol. The third kappa shape index (κ3) is 2.66. The summed E-state index contributed by atoms with van der Waals surface area (Å²) in [5.41, 5.74) is 11.2. The van der Waals surface area contributed by atoms with Crippen molar-refractivity contribution in [3.8, 4) is 0 Å². The van der Waals surface area contributed by atoms with E-state index in [1.165, 1.54) is 22.3 Å². The van der Waals surface area contributed by atoms with Crippen LogP contribution < -0.4 is 0 Å². The van der Waals surface area contributed by atoms with Gasteiger partial charge in [-0.1, -0.05) is 47.6 Å². The fraction of sp³-hybridized carbons (Fsp3) is 0.636. The average molecular weight is 299 g/mol. The Morgan fingerprint density at radius 1 is 0.727 bits per heavy atom. The molecule has 22 heavy (non-hydrogen) atoms. The molecule has 0 bridgehead atoms. The molecule has 1 aromatic carbocycles. The van der Waals surface area contributed by atoms with Crippen LogP contribution in [0, 0.1) is 44.4 Å². The minimum absolute atomic E-state index is 0.269.